The standard InChI is InChI=1S/C8H6N2O4.C5H7N3/c11-7(12)1-2-8(13)14-6-5-9-3-4-10-6;6-4-2-1-3-5(7)8-4/h1-5H,(H,11,12);1-3H,(H4,6,7,8)/b2-1-;. The second-order valence-corrected chi connectivity index (χ2v) is 3.62. The van der Waals surface area contributed by atoms with E-state index in [1.807, 2.05) is 0 Å². The van der Waals surface area contributed by atoms with E-state index in [0.29, 0.717) is 17.7 Å². The summed E-state index contributed by atoms with van der Waals surface area (Å²) in [6.07, 6.45) is 5.48. The zero-order valence-electron chi connectivity index (χ0n) is 11.3. The highest BCUT2D eigenvalue weighted by Crippen LogP contribution is 2.01. The SMILES string of the molecule is Nc1cccc(N)n1.O=C(O)/C=C\C(=O)Oc1cnccn1. The number of carbonyl (C=O) groups is 2. The van der Waals surface area contributed by atoms with E-state index in [0.717, 1.165) is 6.08 Å². The average molecular weight is 303 g/mol. The maximum absolute atomic E-state index is 10.9. The number of nitrogen functional groups attached to an aromatic ring is 2. The van der Waals surface area contributed by atoms with E-state index in [9.17, 15) is 9.59 Å². The van der Waals surface area contributed by atoms with Gasteiger partial charge in [0.2, 0.25) is 5.88 Å². The third-order valence-corrected chi connectivity index (χ3v) is 1.90. The van der Waals surface area contributed by atoms with Crippen LogP contribution < -0.4 is 16.2 Å². The zero-order valence-corrected chi connectivity index (χ0v) is 11.3. The average Bonchev–Trinajstić information content (AvgIpc) is 2.46. The van der Waals surface area contributed by atoms with Gasteiger partial charge in [-0.1, -0.05) is 6.07 Å². The maximum atomic E-state index is 10.9. The molecule has 0 radical (unpaired) electrons. The number of nitrogens with zero attached hydrogens (tertiary/aromatic N) is 3. The minimum absolute atomic E-state index is 0.0209. The molecule has 0 aliphatic carbocycles. The third-order valence-electron chi connectivity index (χ3n) is 1.90. The number of carboxylic acids is 1. The van der Waals surface area contributed by atoms with Crippen LogP contribution in [0.4, 0.5) is 11.6 Å². The first kappa shape index (κ1) is 16.6. The molecule has 2 aromatic rings. The van der Waals surface area contributed by atoms with Gasteiger partial charge < -0.3 is 21.3 Å². The van der Waals surface area contributed by atoms with E-state index >= 15 is 0 Å². The Morgan fingerprint density at radius 3 is 2.27 bits per heavy atom. The molecular weight excluding hydrogens is 290 g/mol. The van der Waals surface area contributed by atoms with Crippen LogP contribution in [-0.4, -0.2) is 32.0 Å². The van der Waals surface area contributed by atoms with Gasteiger partial charge in [0.15, 0.2) is 0 Å². The number of pyridine rings is 1. The number of carbonyl (C=O) groups excluding carboxylic acids is 1. The Morgan fingerprint density at radius 1 is 1.14 bits per heavy atom. The Labute approximate surface area is 125 Å². The molecule has 114 valence electrons. The number of nitrogens with two attached hydrogens (primary N) is 2. The van der Waals surface area contributed by atoms with Crippen LogP contribution in [0, 0.1) is 0 Å². The molecule has 0 amide bonds. The van der Waals surface area contributed by atoms with Crippen LogP contribution in [0.2, 0.25) is 0 Å². The molecule has 2 rings (SSSR count). The molecular formula is C13H13N5O4. The molecule has 9 nitrogen and oxygen atoms in total. The van der Waals surface area contributed by atoms with E-state index in [2.05, 4.69) is 19.7 Å². The van der Waals surface area contributed by atoms with Gasteiger partial charge in [0.25, 0.3) is 0 Å². The number of aliphatic carboxylic acids is 1. The summed E-state index contributed by atoms with van der Waals surface area (Å²) in [5, 5.41) is 8.21. The van der Waals surface area contributed by atoms with Gasteiger partial charge in [0, 0.05) is 24.5 Å². The molecule has 0 saturated carbocycles. The topological polar surface area (TPSA) is 154 Å². The van der Waals surface area contributed by atoms with Crippen molar-refractivity contribution < 1.29 is 19.4 Å². The Bertz CT molecular complexity index is 643. The molecule has 0 unspecified atom stereocenters. The minimum Gasteiger partial charge on any atom is -0.478 e. The first-order valence-corrected chi connectivity index (χ1v) is 5.84. The van der Waals surface area contributed by atoms with Crippen molar-refractivity contribution in [3.05, 3.63) is 48.9 Å². The zero-order chi connectivity index (χ0) is 16.4. The molecule has 2 heterocycles. The van der Waals surface area contributed by atoms with Gasteiger partial charge in [0.1, 0.15) is 11.6 Å². The predicted octanol–water partition coefficient (Wildman–Crippen LogP) is 0.269. The van der Waals surface area contributed by atoms with Crippen LogP contribution in [-0.2, 0) is 9.59 Å². The van der Waals surface area contributed by atoms with Crippen molar-refractivity contribution in [2.45, 2.75) is 0 Å². The smallest absolute Gasteiger partial charge is 0.337 e. The molecule has 5 N–H and O–H groups in total. The molecule has 0 atom stereocenters. The van der Waals surface area contributed by atoms with E-state index in [1.54, 1.807) is 18.2 Å². The predicted molar refractivity (Wildman–Crippen MR) is 77.5 cm³/mol. The summed E-state index contributed by atoms with van der Waals surface area (Å²) in [5.41, 5.74) is 10.5. The second kappa shape index (κ2) is 8.64. The maximum Gasteiger partial charge on any atom is 0.337 e. The Hall–Kier alpha value is -3.49. The summed E-state index contributed by atoms with van der Waals surface area (Å²) in [6, 6.07) is 5.14. The van der Waals surface area contributed by atoms with Crippen LogP contribution in [0.5, 0.6) is 5.88 Å². The summed E-state index contributed by atoms with van der Waals surface area (Å²) in [7, 11) is 0. The largest absolute Gasteiger partial charge is 0.478 e. The highest BCUT2D eigenvalue weighted by Gasteiger charge is 2.01. The fourth-order valence-corrected chi connectivity index (χ4v) is 1.08. The van der Waals surface area contributed by atoms with Crippen LogP contribution in [0.3, 0.4) is 0 Å². The first-order valence-electron chi connectivity index (χ1n) is 5.84. The monoisotopic (exact) mass is 303 g/mol. The first-order chi connectivity index (χ1) is 10.5. The lowest BCUT2D eigenvalue weighted by Crippen LogP contribution is -2.06. The van der Waals surface area contributed by atoms with E-state index < -0.39 is 11.9 Å². The quantitative estimate of drug-likeness (QED) is 0.535. The van der Waals surface area contributed by atoms with Crippen LogP contribution in [0.1, 0.15) is 0 Å². The van der Waals surface area contributed by atoms with Crippen molar-refractivity contribution >= 4 is 23.6 Å². The van der Waals surface area contributed by atoms with Gasteiger partial charge >= 0.3 is 11.9 Å². The Morgan fingerprint density at radius 2 is 1.82 bits per heavy atom. The summed E-state index contributed by atoms with van der Waals surface area (Å²) in [4.78, 5) is 32.0. The van der Waals surface area contributed by atoms with Crippen molar-refractivity contribution in [1.29, 1.82) is 0 Å². The van der Waals surface area contributed by atoms with Crippen molar-refractivity contribution in [1.82, 2.24) is 15.0 Å². The number of carboxylic acid groups (broad SMARTS) is 1. The molecule has 2 aromatic heterocycles. The molecule has 0 spiro atoms. The third kappa shape index (κ3) is 7.19. The Balaban J connectivity index is 0.000000255. The molecule has 0 saturated heterocycles. The van der Waals surface area contributed by atoms with Gasteiger partial charge in [0.05, 0.1) is 6.20 Å². The number of esters is 1. The minimum atomic E-state index is -1.22. The summed E-state index contributed by atoms with van der Waals surface area (Å²) in [5.74, 6) is -1.09. The number of rotatable bonds is 3. The lowest BCUT2D eigenvalue weighted by Gasteiger charge is -1.96. The molecule has 22 heavy (non-hydrogen) atoms. The van der Waals surface area contributed by atoms with Gasteiger partial charge in [-0.3, -0.25) is 4.98 Å². The highest BCUT2D eigenvalue weighted by atomic mass is 16.5. The highest BCUT2D eigenvalue weighted by molar-refractivity contribution is 5.91. The number of hydrogen-bond acceptors (Lipinski definition) is 8. The number of hydrogen-bond donors (Lipinski definition) is 3. The van der Waals surface area contributed by atoms with Crippen molar-refractivity contribution in [3.63, 3.8) is 0 Å². The lowest BCUT2D eigenvalue weighted by molar-refractivity contribution is -0.133. The van der Waals surface area contributed by atoms with Crippen molar-refractivity contribution in [3.8, 4) is 5.88 Å². The fourth-order valence-electron chi connectivity index (χ4n) is 1.08. The second-order valence-electron chi connectivity index (χ2n) is 3.62. The van der Waals surface area contributed by atoms with Crippen molar-refractivity contribution in [2.24, 2.45) is 0 Å². The van der Waals surface area contributed by atoms with E-state index in [1.165, 1.54) is 18.6 Å². The molecule has 9 heteroatoms. The number of ether oxygens (including phenoxy) is 1. The van der Waals surface area contributed by atoms with Crippen LogP contribution >= 0.6 is 0 Å². The molecule has 0 fully saturated rings. The molecule has 0 bridgehead atoms. The van der Waals surface area contributed by atoms with Crippen LogP contribution in [0.15, 0.2) is 48.9 Å². The molecule has 0 aliphatic rings. The van der Waals surface area contributed by atoms with E-state index in [-0.39, 0.29) is 5.88 Å². The van der Waals surface area contributed by atoms with Gasteiger partial charge in [-0.15, -0.1) is 0 Å². The van der Waals surface area contributed by atoms with E-state index in [4.69, 9.17) is 16.6 Å². The van der Waals surface area contributed by atoms with Gasteiger partial charge in [-0.2, -0.15) is 0 Å². The molecule has 0 aromatic carbocycles. The fraction of sp³-hybridized carbons (Fsp3) is 0. The van der Waals surface area contributed by atoms with Gasteiger partial charge in [-0.05, 0) is 12.1 Å². The summed E-state index contributed by atoms with van der Waals surface area (Å²) >= 11 is 0. The summed E-state index contributed by atoms with van der Waals surface area (Å²) in [6.45, 7) is 0. The lowest BCUT2D eigenvalue weighted by atomic mass is 10.4. The molecule has 0 aliphatic heterocycles. The van der Waals surface area contributed by atoms with Crippen LogP contribution in [0.25, 0.3) is 0 Å². The normalized spacial score (nSPS) is 9.64. The number of aromatic nitrogens is 3. The summed E-state index contributed by atoms with van der Waals surface area (Å²) < 4.78 is 4.60. The number of anilines is 2. The Kier molecular flexibility index (Phi) is 6.50. The van der Waals surface area contributed by atoms with Gasteiger partial charge in [-0.25, -0.2) is 19.6 Å². The van der Waals surface area contributed by atoms with Crippen molar-refractivity contribution in [2.75, 3.05) is 11.5 Å².